The second kappa shape index (κ2) is 7.21. The molecule has 0 unspecified atom stereocenters. The Hall–Kier alpha value is -2.76. The first-order chi connectivity index (χ1) is 11.3. The monoisotopic (exact) mass is 347 g/mol. The Kier molecular flexibility index (Phi) is 5.28. The Bertz CT molecular complexity index is 872. The van der Waals surface area contributed by atoms with E-state index in [4.69, 9.17) is 5.26 Å². The number of hydrogen-bond acceptors (Lipinski definition) is 4. The molecule has 0 atom stereocenters. The number of anilines is 1. The Morgan fingerprint density at radius 2 is 1.75 bits per heavy atom. The van der Waals surface area contributed by atoms with Gasteiger partial charge >= 0.3 is 0 Å². The lowest BCUT2D eigenvalue weighted by Crippen LogP contribution is -2.34. The van der Waals surface area contributed by atoms with Gasteiger partial charge in [-0.2, -0.15) is 9.57 Å². The Morgan fingerprint density at radius 1 is 1.17 bits per heavy atom. The maximum absolute atomic E-state index is 12.8. The number of nitrogens with one attached hydrogen (secondary N) is 1. The van der Waals surface area contributed by atoms with Gasteiger partial charge in [0.05, 0.1) is 23.1 Å². The number of hydrogen-bond donors (Lipinski definition) is 1. The van der Waals surface area contributed by atoms with Gasteiger partial charge < -0.3 is 5.32 Å². The maximum atomic E-state index is 12.8. The zero-order valence-electron chi connectivity index (χ0n) is 12.7. The fourth-order valence-corrected chi connectivity index (χ4v) is 3.03. The van der Waals surface area contributed by atoms with Crippen molar-refractivity contribution < 1.29 is 17.6 Å². The van der Waals surface area contributed by atoms with E-state index >= 15 is 0 Å². The summed E-state index contributed by atoms with van der Waals surface area (Å²) in [6, 6.07) is 12.4. The zero-order chi connectivity index (χ0) is 17.7. The molecule has 124 valence electrons. The van der Waals surface area contributed by atoms with Crippen LogP contribution in [-0.4, -0.2) is 32.2 Å². The maximum Gasteiger partial charge on any atom is 0.243 e. The van der Waals surface area contributed by atoms with E-state index < -0.39 is 28.3 Å². The van der Waals surface area contributed by atoms with Crippen LogP contribution in [0, 0.1) is 17.1 Å². The quantitative estimate of drug-likeness (QED) is 0.895. The first kappa shape index (κ1) is 17.6. The lowest BCUT2D eigenvalue weighted by atomic mass is 10.2. The average Bonchev–Trinajstić information content (AvgIpc) is 2.57. The van der Waals surface area contributed by atoms with Crippen molar-refractivity contribution in [3.8, 4) is 6.07 Å². The lowest BCUT2D eigenvalue weighted by molar-refractivity contribution is -0.116. The summed E-state index contributed by atoms with van der Waals surface area (Å²) in [5.74, 6) is -0.991. The largest absolute Gasteiger partial charge is 0.325 e. The van der Waals surface area contributed by atoms with Crippen molar-refractivity contribution in [2.24, 2.45) is 0 Å². The molecule has 2 aromatic carbocycles. The van der Waals surface area contributed by atoms with Gasteiger partial charge in [0, 0.05) is 12.7 Å². The molecule has 2 rings (SSSR count). The van der Waals surface area contributed by atoms with Gasteiger partial charge in [0.1, 0.15) is 5.82 Å². The fourth-order valence-electron chi connectivity index (χ4n) is 1.90. The molecule has 1 N–H and O–H groups in total. The third-order valence-electron chi connectivity index (χ3n) is 3.19. The van der Waals surface area contributed by atoms with E-state index in [1.807, 2.05) is 6.07 Å². The number of rotatable bonds is 5. The average molecular weight is 347 g/mol. The van der Waals surface area contributed by atoms with E-state index in [1.165, 1.54) is 55.6 Å². The van der Waals surface area contributed by atoms with Crippen LogP contribution in [0.25, 0.3) is 0 Å². The third-order valence-corrected chi connectivity index (χ3v) is 5.00. The van der Waals surface area contributed by atoms with Crippen LogP contribution in [0.5, 0.6) is 0 Å². The topological polar surface area (TPSA) is 90.3 Å². The molecule has 8 heteroatoms. The first-order valence-electron chi connectivity index (χ1n) is 6.85. The van der Waals surface area contributed by atoms with Crippen LogP contribution in [0.4, 0.5) is 10.1 Å². The molecule has 0 bridgehead atoms. The van der Waals surface area contributed by atoms with E-state index in [1.54, 1.807) is 0 Å². The third kappa shape index (κ3) is 4.16. The van der Waals surface area contributed by atoms with Crippen molar-refractivity contribution in [2.75, 3.05) is 18.9 Å². The van der Waals surface area contributed by atoms with Gasteiger partial charge in [-0.15, -0.1) is 0 Å². The smallest absolute Gasteiger partial charge is 0.243 e. The number of carbonyl (C=O) groups excluding carboxylic acids is 1. The Labute approximate surface area is 139 Å². The number of halogens is 1. The van der Waals surface area contributed by atoms with E-state index in [9.17, 15) is 17.6 Å². The molecule has 0 saturated heterocycles. The van der Waals surface area contributed by atoms with Gasteiger partial charge in [-0.3, -0.25) is 4.79 Å². The minimum Gasteiger partial charge on any atom is -0.325 e. The number of carbonyl (C=O) groups is 1. The van der Waals surface area contributed by atoms with Crippen molar-refractivity contribution in [3.63, 3.8) is 0 Å². The summed E-state index contributed by atoms with van der Waals surface area (Å²) in [4.78, 5) is 11.9. The molecule has 24 heavy (non-hydrogen) atoms. The highest BCUT2D eigenvalue weighted by molar-refractivity contribution is 7.89. The summed E-state index contributed by atoms with van der Waals surface area (Å²) in [5.41, 5.74) is 0.705. The van der Waals surface area contributed by atoms with Gasteiger partial charge in [-0.25, -0.2) is 12.8 Å². The van der Waals surface area contributed by atoms with Gasteiger partial charge in [-0.1, -0.05) is 0 Å². The molecular weight excluding hydrogens is 333 g/mol. The lowest BCUT2D eigenvalue weighted by Gasteiger charge is -2.17. The summed E-state index contributed by atoms with van der Waals surface area (Å²) in [6.45, 7) is -0.403. The minimum atomic E-state index is -3.85. The number of likely N-dealkylation sites (N-methyl/N-ethyl adjacent to an activating group) is 1. The van der Waals surface area contributed by atoms with Crippen LogP contribution in [-0.2, 0) is 14.8 Å². The molecule has 0 aliphatic heterocycles. The van der Waals surface area contributed by atoms with Crippen LogP contribution in [0.15, 0.2) is 53.4 Å². The summed E-state index contributed by atoms with van der Waals surface area (Å²) in [5, 5.41) is 11.2. The summed E-state index contributed by atoms with van der Waals surface area (Å²) in [7, 11) is -2.58. The number of amides is 1. The van der Waals surface area contributed by atoms with Crippen molar-refractivity contribution in [1.29, 1.82) is 5.26 Å². The molecule has 0 aromatic heterocycles. The number of sulfonamides is 1. The molecule has 0 fully saturated rings. The second-order valence-electron chi connectivity index (χ2n) is 4.95. The number of nitriles is 1. The number of benzene rings is 2. The first-order valence-corrected chi connectivity index (χ1v) is 8.29. The molecule has 0 saturated carbocycles. The normalized spacial score (nSPS) is 11.1. The SMILES string of the molecule is CN(CC(=O)Nc1ccc(F)cc1)S(=O)(=O)c1ccc(C#N)cc1. The molecule has 0 radical (unpaired) electrons. The zero-order valence-corrected chi connectivity index (χ0v) is 13.5. The number of nitrogens with zero attached hydrogens (tertiary/aromatic N) is 2. The minimum absolute atomic E-state index is 0.0152. The van der Waals surface area contributed by atoms with Crippen molar-refractivity contribution in [2.45, 2.75) is 4.90 Å². The summed E-state index contributed by atoms with van der Waals surface area (Å²) >= 11 is 0. The van der Waals surface area contributed by atoms with E-state index in [0.717, 1.165) is 4.31 Å². The van der Waals surface area contributed by atoms with Crippen LogP contribution in [0.2, 0.25) is 0 Å². The molecule has 2 aromatic rings. The highest BCUT2D eigenvalue weighted by Gasteiger charge is 2.22. The molecule has 0 aliphatic carbocycles. The fraction of sp³-hybridized carbons (Fsp3) is 0.125. The van der Waals surface area contributed by atoms with Crippen LogP contribution in [0.1, 0.15) is 5.56 Å². The summed E-state index contributed by atoms with van der Waals surface area (Å²) < 4.78 is 38.5. The second-order valence-corrected chi connectivity index (χ2v) is 7.00. The van der Waals surface area contributed by atoms with Gasteiger partial charge in [0.2, 0.25) is 15.9 Å². The van der Waals surface area contributed by atoms with Crippen molar-refractivity contribution in [3.05, 3.63) is 59.9 Å². The van der Waals surface area contributed by atoms with Gasteiger partial charge in [-0.05, 0) is 48.5 Å². The van der Waals surface area contributed by atoms with Gasteiger partial charge in [0.15, 0.2) is 0 Å². The Balaban J connectivity index is 2.06. The molecule has 6 nitrogen and oxygen atoms in total. The van der Waals surface area contributed by atoms with E-state index in [-0.39, 0.29) is 4.90 Å². The molecule has 0 aliphatic rings. The molecule has 1 amide bonds. The van der Waals surface area contributed by atoms with Gasteiger partial charge in [0.25, 0.3) is 0 Å². The molecule has 0 spiro atoms. The van der Waals surface area contributed by atoms with Crippen LogP contribution < -0.4 is 5.32 Å². The van der Waals surface area contributed by atoms with E-state index in [2.05, 4.69) is 5.32 Å². The standard InChI is InChI=1S/C16H14FN3O3S/c1-20(11-16(21)19-14-6-4-13(17)5-7-14)24(22,23)15-8-2-12(10-18)3-9-15/h2-9H,11H2,1H3,(H,19,21). The summed E-state index contributed by atoms with van der Waals surface area (Å²) in [6.07, 6.45) is 0. The van der Waals surface area contributed by atoms with E-state index in [0.29, 0.717) is 11.3 Å². The highest BCUT2D eigenvalue weighted by Crippen LogP contribution is 2.15. The predicted octanol–water partition coefficient (Wildman–Crippen LogP) is 1.96. The van der Waals surface area contributed by atoms with Crippen molar-refractivity contribution >= 4 is 21.6 Å². The van der Waals surface area contributed by atoms with Crippen LogP contribution >= 0.6 is 0 Å². The molecular formula is C16H14FN3O3S. The molecule has 0 heterocycles. The Morgan fingerprint density at radius 3 is 2.29 bits per heavy atom. The van der Waals surface area contributed by atoms with Crippen molar-refractivity contribution in [1.82, 2.24) is 4.31 Å². The predicted molar refractivity (Wildman–Crippen MR) is 86.0 cm³/mol. The highest BCUT2D eigenvalue weighted by atomic mass is 32.2. The van der Waals surface area contributed by atoms with Crippen LogP contribution in [0.3, 0.4) is 0 Å².